The molecule has 0 atom stereocenters. The molecule has 1 aromatic rings. The van der Waals surface area contributed by atoms with Crippen LogP contribution in [0.4, 0.5) is 5.69 Å². The molecule has 24 heavy (non-hydrogen) atoms. The Hall–Kier alpha value is -2.52. The summed E-state index contributed by atoms with van der Waals surface area (Å²) in [5, 5.41) is 14.4. The lowest BCUT2D eigenvalue weighted by atomic mass is 10.1. The van der Waals surface area contributed by atoms with Crippen LogP contribution >= 0.6 is 11.6 Å². The molecular formula is C17H20ClN3O3. The van der Waals surface area contributed by atoms with Crippen molar-refractivity contribution in [2.24, 2.45) is 0 Å². The van der Waals surface area contributed by atoms with Crippen molar-refractivity contribution in [3.8, 4) is 6.07 Å². The normalized spacial score (nSPS) is 10.6. The Labute approximate surface area is 146 Å². The molecule has 0 heterocycles. The smallest absolute Gasteiger partial charge is 0.340 e. The van der Waals surface area contributed by atoms with Gasteiger partial charge in [-0.3, -0.25) is 4.79 Å². The first kappa shape index (κ1) is 19.5. The highest BCUT2D eigenvalue weighted by Crippen LogP contribution is 2.17. The molecule has 1 amide bonds. The quantitative estimate of drug-likeness (QED) is 0.235. The van der Waals surface area contributed by atoms with Gasteiger partial charge in [0.15, 0.2) is 0 Å². The number of ether oxygens (including phenoxy) is 1. The molecule has 6 nitrogen and oxygen atoms in total. The second-order valence-corrected chi connectivity index (χ2v) is 5.17. The lowest BCUT2D eigenvalue weighted by Crippen LogP contribution is -2.26. The summed E-state index contributed by atoms with van der Waals surface area (Å²) in [5.41, 5.74) is 0.675. The second kappa shape index (κ2) is 11.1. The number of hydrogen-bond donors (Lipinski definition) is 2. The van der Waals surface area contributed by atoms with E-state index in [0.717, 1.165) is 12.8 Å². The fraction of sp³-hybridized carbons (Fsp3) is 0.353. The standard InChI is InChI=1S/C17H20ClN3O3/c1-2-3-10-24-17(23)14-6-4-5-7-15(14)21-12-13(11-19)16(22)20-9-8-18/h4-7,12,21H,2-3,8-10H2,1H3,(H,20,22)/b13-12-. The molecule has 128 valence electrons. The van der Waals surface area contributed by atoms with Crippen LogP contribution in [0.1, 0.15) is 30.1 Å². The van der Waals surface area contributed by atoms with Crippen LogP contribution in [0.15, 0.2) is 36.0 Å². The highest BCUT2D eigenvalue weighted by molar-refractivity contribution is 6.18. The predicted octanol–water partition coefficient (Wildman–Crippen LogP) is 2.82. The summed E-state index contributed by atoms with van der Waals surface area (Å²) < 4.78 is 5.18. The Morgan fingerprint density at radius 3 is 2.79 bits per heavy atom. The molecule has 2 N–H and O–H groups in total. The lowest BCUT2D eigenvalue weighted by Gasteiger charge is -2.09. The maximum atomic E-state index is 12.1. The van der Waals surface area contributed by atoms with E-state index in [0.29, 0.717) is 17.9 Å². The molecule has 1 aromatic carbocycles. The number of hydrogen-bond acceptors (Lipinski definition) is 5. The van der Waals surface area contributed by atoms with Crippen molar-refractivity contribution in [2.45, 2.75) is 19.8 Å². The van der Waals surface area contributed by atoms with Gasteiger partial charge in [0.2, 0.25) is 0 Å². The first-order chi connectivity index (χ1) is 11.6. The van der Waals surface area contributed by atoms with Crippen molar-refractivity contribution in [1.82, 2.24) is 5.32 Å². The zero-order chi connectivity index (χ0) is 17.8. The van der Waals surface area contributed by atoms with Crippen molar-refractivity contribution in [3.63, 3.8) is 0 Å². The molecule has 0 saturated carbocycles. The number of anilines is 1. The van der Waals surface area contributed by atoms with Crippen LogP contribution in [-0.4, -0.2) is 30.9 Å². The molecule has 0 aromatic heterocycles. The van der Waals surface area contributed by atoms with Crippen molar-refractivity contribution in [3.05, 3.63) is 41.6 Å². The Balaban J connectivity index is 2.83. The fourth-order valence-electron chi connectivity index (χ4n) is 1.73. The van der Waals surface area contributed by atoms with Gasteiger partial charge in [-0.2, -0.15) is 5.26 Å². The van der Waals surface area contributed by atoms with Gasteiger partial charge in [0.25, 0.3) is 5.91 Å². The van der Waals surface area contributed by atoms with E-state index in [-0.39, 0.29) is 18.0 Å². The van der Waals surface area contributed by atoms with E-state index in [9.17, 15) is 9.59 Å². The molecule has 0 saturated heterocycles. The van der Waals surface area contributed by atoms with E-state index in [1.165, 1.54) is 6.20 Å². The van der Waals surface area contributed by atoms with Crippen LogP contribution in [0.2, 0.25) is 0 Å². The van der Waals surface area contributed by atoms with Crippen LogP contribution in [0, 0.1) is 11.3 Å². The summed E-state index contributed by atoms with van der Waals surface area (Å²) in [5.74, 6) is -0.733. The predicted molar refractivity (Wildman–Crippen MR) is 92.7 cm³/mol. The van der Waals surface area contributed by atoms with Crippen molar-refractivity contribution < 1.29 is 14.3 Å². The monoisotopic (exact) mass is 349 g/mol. The molecule has 0 bridgehead atoms. The largest absolute Gasteiger partial charge is 0.462 e. The van der Waals surface area contributed by atoms with Gasteiger partial charge in [-0.25, -0.2) is 4.79 Å². The van der Waals surface area contributed by atoms with E-state index >= 15 is 0 Å². The summed E-state index contributed by atoms with van der Waals surface area (Å²) in [4.78, 5) is 23.8. The number of unbranched alkanes of at least 4 members (excludes halogenated alkanes) is 1. The molecule has 7 heteroatoms. The number of amides is 1. The molecular weight excluding hydrogens is 330 g/mol. The number of carbonyl (C=O) groups is 2. The zero-order valence-electron chi connectivity index (χ0n) is 13.5. The van der Waals surface area contributed by atoms with Crippen molar-refractivity contribution in [2.75, 3.05) is 24.3 Å². The van der Waals surface area contributed by atoms with E-state index in [1.54, 1.807) is 30.3 Å². The highest BCUT2D eigenvalue weighted by atomic mass is 35.5. The molecule has 0 radical (unpaired) electrons. The number of rotatable bonds is 9. The number of halogens is 1. The average Bonchev–Trinajstić information content (AvgIpc) is 2.60. The summed E-state index contributed by atoms with van der Waals surface area (Å²) in [6.07, 6.45) is 2.97. The van der Waals surface area contributed by atoms with Gasteiger partial charge >= 0.3 is 5.97 Å². The minimum atomic E-state index is -0.534. The topological polar surface area (TPSA) is 91.2 Å². The van der Waals surface area contributed by atoms with Gasteiger partial charge in [-0.05, 0) is 18.6 Å². The number of para-hydroxylation sites is 1. The summed E-state index contributed by atoms with van der Waals surface area (Å²) in [7, 11) is 0. The first-order valence-corrected chi connectivity index (χ1v) is 8.14. The van der Waals surface area contributed by atoms with Crippen molar-refractivity contribution in [1.29, 1.82) is 5.26 Å². The highest BCUT2D eigenvalue weighted by Gasteiger charge is 2.13. The Bertz CT molecular complexity index is 638. The van der Waals surface area contributed by atoms with Crippen LogP contribution < -0.4 is 10.6 Å². The number of benzene rings is 1. The van der Waals surface area contributed by atoms with E-state index in [4.69, 9.17) is 21.6 Å². The van der Waals surface area contributed by atoms with Gasteiger partial charge in [0.05, 0.1) is 17.9 Å². The van der Waals surface area contributed by atoms with Crippen molar-refractivity contribution >= 4 is 29.2 Å². The zero-order valence-corrected chi connectivity index (χ0v) is 14.2. The number of esters is 1. The van der Waals surface area contributed by atoms with E-state index in [2.05, 4.69) is 10.6 Å². The van der Waals surface area contributed by atoms with Crippen LogP contribution in [0.25, 0.3) is 0 Å². The van der Waals surface area contributed by atoms with E-state index in [1.807, 2.05) is 6.92 Å². The van der Waals surface area contributed by atoms with Crippen LogP contribution in [-0.2, 0) is 9.53 Å². The first-order valence-electron chi connectivity index (χ1n) is 7.61. The minimum absolute atomic E-state index is 0.116. The summed E-state index contributed by atoms with van der Waals surface area (Å²) in [6.45, 7) is 2.62. The van der Waals surface area contributed by atoms with Gasteiger partial charge in [-0.15, -0.1) is 11.6 Å². The Morgan fingerprint density at radius 2 is 2.12 bits per heavy atom. The molecule has 0 aliphatic carbocycles. The van der Waals surface area contributed by atoms with Gasteiger partial charge in [0.1, 0.15) is 11.6 Å². The number of nitrogens with zero attached hydrogens (tertiary/aromatic N) is 1. The number of nitrogens with one attached hydrogen (secondary N) is 2. The van der Waals surface area contributed by atoms with E-state index < -0.39 is 11.9 Å². The maximum Gasteiger partial charge on any atom is 0.340 e. The molecule has 0 spiro atoms. The van der Waals surface area contributed by atoms with Crippen LogP contribution in [0.3, 0.4) is 0 Å². The molecule has 1 rings (SSSR count). The Morgan fingerprint density at radius 1 is 1.38 bits per heavy atom. The lowest BCUT2D eigenvalue weighted by molar-refractivity contribution is -0.117. The maximum absolute atomic E-state index is 12.1. The molecule has 0 unspecified atom stereocenters. The average molecular weight is 350 g/mol. The molecule has 0 fully saturated rings. The molecule has 0 aliphatic heterocycles. The Kier molecular flexibility index (Phi) is 9.02. The number of nitriles is 1. The van der Waals surface area contributed by atoms with Gasteiger partial charge in [0, 0.05) is 18.6 Å². The third kappa shape index (κ3) is 6.31. The second-order valence-electron chi connectivity index (χ2n) is 4.79. The third-order valence-electron chi connectivity index (χ3n) is 3.00. The number of alkyl halides is 1. The summed E-state index contributed by atoms with van der Waals surface area (Å²) in [6, 6.07) is 8.53. The fourth-order valence-corrected chi connectivity index (χ4v) is 1.82. The minimum Gasteiger partial charge on any atom is -0.462 e. The third-order valence-corrected chi connectivity index (χ3v) is 3.18. The van der Waals surface area contributed by atoms with Gasteiger partial charge in [-0.1, -0.05) is 25.5 Å². The number of carbonyl (C=O) groups excluding carboxylic acids is 2. The molecule has 0 aliphatic rings. The van der Waals surface area contributed by atoms with Crippen LogP contribution in [0.5, 0.6) is 0 Å². The summed E-state index contributed by atoms with van der Waals surface area (Å²) >= 11 is 5.49. The van der Waals surface area contributed by atoms with Gasteiger partial charge < -0.3 is 15.4 Å². The SMILES string of the molecule is CCCCOC(=O)c1ccccc1N/C=C(/C#N)C(=O)NCCCl.